The lowest BCUT2D eigenvalue weighted by molar-refractivity contribution is -0.138. The zero-order chi connectivity index (χ0) is 19.4. The highest BCUT2D eigenvalue weighted by molar-refractivity contribution is 5.97. The largest absolute Gasteiger partial charge is 0.459 e. The van der Waals surface area contributed by atoms with Crippen LogP contribution < -0.4 is 0 Å². The highest BCUT2D eigenvalue weighted by atomic mass is 16.5. The number of ether oxygens (including phenoxy) is 1. The standard InChI is InChI=1S/C19H24N4O4/c1-14-11-23(12-15(2)27-14)18(24)16(10-20)13-21-5-7-22(8-6-21)19(25)17-4-3-9-26-17/h3-4,9,13-15H,5-8,11-12H2,1-2H3/b16-13-. The number of piperazine rings is 1. The summed E-state index contributed by atoms with van der Waals surface area (Å²) in [7, 11) is 0. The van der Waals surface area contributed by atoms with Crippen LogP contribution in [0.1, 0.15) is 24.4 Å². The molecule has 27 heavy (non-hydrogen) atoms. The predicted molar refractivity (Wildman–Crippen MR) is 96.5 cm³/mol. The number of hydrogen-bond acceptors (Lipinski definition) is 6. The molecule has 2 aliphatic rings. The van der Waals surface area contributed by atoms with Crippen LogP contribution in [0.4, 0.5) is 0 Å². The molecule has 2 aliphatic heterocycles. The van der Waals surface area contributed by atoms with Gasteiger partial charge in [-0.15, -0.1) is 0 Å². The maximum absolute atomic E-state index is 12.7. The van der Waals surface area contributed by atoms with Crippen molar-refractivity contribution >= 4 is 11.8 Å². The predicted octanol–water partition coefficient (Wildman–Crippen LogP) is 1.08. The molecule has 2 saturated heterocycles. The molecule has 2 atom stereocenters. The molecular weight excluding hydrogens is 348 g/mol. The number of nitrogens with zero attached hydrogens (tertiary/aromatic N) is 4. The van der Waals surface area contributed by atoms with Gasteiger partial charge in [0.2, 0.25) is 0 Å². The van der Waals surface area contributed by atoms with Crippen molar-refractivity contribution in [2.45, 2.75) is 26.1 Å². The lowest BCUT2D eigenvalue weighted by atomic mass is 10.2. The van der Waals surface area contributed by atoms with Crippen molar-refractivity contribution in [3.8, 4) is 6.07 Å². The summed E-state index contributed by atoms with van der Waals surface area (Å²) in [4.78, 5) is 30.3. The second kappa shape index (κ2) is 8.27. The van der Waals surface area contributed by atoms with Crippen LogP contribution >= 0.6 is 0 Å². The van der Waals surface area contributed by atoms with E-state index in [1.54, 1.807) is 28.1 Å². The van der Waals surface area contributed by atoms with Gasteiger partial charge in [0.05, 0.1) is 18.5 Å². The van der Waals surface area contributed by atoms with Crippen LogP contribution in [0.3, 0.4) is 0 Å². The summed E-state index contributed by atoms with van der Waals surface area (Å²) in [5, 5.41) is 9.45. The Hall–Kier alpha value is -2.79. The van der Waals surface area contributed by atoms with Gasteiger partial charge < -0.3 is 23.9 Å². The smallest absolute Gasteiger partial charge is 0.289 e. The molecule has 8 nitrogen and oxygen atoms in total. The Kier molecular flexibility index (Phi) is 5.81. The van der Waals surface area contributed by atoms with E-state index in [0.29, 0.717) is 45.0 Å². The molecule has 8 heteroatoms. The van der Waals surface area contributed by atoms with Crippen LogP contribution in [0.5, 0.6) is 0 Å². The van der Waals surface area contributed by atoms with E-state index < -0.39 is 0 Å². The average Bonchev–Trinajstić information content (AvgIpc) is 3.19. The van der Waals surface area contributed by atoms with Gasteiger partial charge in [0.1, 0.15) is 11.6 Å². The van der Waals surface area contributed by atoms with E-state index in [4.69, 9.17) is 9.15 Å². The fourth-order valence-electron chi connectivity index (χ4n) is 3.44. The number of morpholine rings is 1. The van der Waals surface area contributed by atoms with Gasteiger partial charge in [-0.25, -0.2) is 0 Å². The van der Waals surface area contributed by atoms with Crippen molar-refractivity contribution in [1.29, 1.82) is 5.26 Å². The van der Waals surface area contributed by atoms with Crippen LogP contribution in [0.2, 0.25) is 0 Å². The molecule has 2 amide bonds. The van der Waals surface area contributed by atoms with Crippen molar-refractivity contribution in [3.05, 3.63) is 35.9 Å². The molecule has 0 bridgehead atoms. The van der Waals surface area contributed by atoms with Gasteiger partial charge in [0, 0.05) is 45.5 Å². The zero-order valence-electron chi connectivity index (χ0n) is 15.6. The van der Waals surface area contributed by atoms with Crippen molar-refractivity contribution in [2.75, 3.05) is 39.3 Å². The quantitative estimate of drug-likeness (QED) is 0.583. The third-order valence-electron chi connectivity index (χ3n) is 4.70. The Bertz CT molecular complexity index is 734. The number of carbonyl (C=O) groups excluding carboxylic acids is 2. The Balaban J connectivity index is 1.59. The van der Waals surface area contributed by atoms with Crippen molar-refractivity contribution in [2.24, 2.45) is 0 Å². The fraction of sp³-hybridized carbons (Fsp3) is 0.526. The van der Waals surface area contributed by atoms with E-state index in [2.05, 4.69) is 0 Å². The summed E-state index contributed by atoms with van der Waals surface area (Å²) in [5.74, 6) is -0.0902. The minimum absolute atomic E-state index is 0.0474. The summed E-state index contributed by atoms with van der Waals surface area (Å²) in [5.41, 5.74) is 0.113. The second-order valence-corrected chi connectivity index (χ2v) is 6.93. The molecule has 2 unspecified atom stereocenters. The van der Waals surface area contributed by atoms with Crippen molar-refractivity contribution < 1.29 is 18.7 Å². The molecule has 0 saturated carbocycles. The molecular formula is C19H24N4O4. The van der Waals surface area contributed by atoms with Gasteiger partial charge in [0.25, 0.3) is 11.8 Å². The summed E-state index contributed by atoms with van der Waals surface area (Å²) in [6.07, 6.45) is 2.99. The number of amides is 2. The Labute approximate surface area is 158 Å². The summed E-state index contributed by atoms with van der Waals surface area (Å²) >= 11 is 0. The fourth-order valence-corrected chi connectivity index (χ4v) is 3.44. The van der Waals surface area contributed by atoms with Gasteiger partial charge in [-0.3, -0.25) is 9.59 Å². The van der Waals surface area contributed by atoms with Gasteiger partial charge in [-0.2, -0.15) is 5.26 Å². The summed E-state index contributed by atoms with van der Waals surface area (Å²) < 4.78 is 10.8. The van der Waals surface area contributed by atoms with Gasteiger partial charge >= 0.3 is 0 Å². The summed E-state index contributed by atoms with van der Waals surface area (Å²) in [6, 6.07) is 5.35. The molecule has 0 N–H and O–H groups in total. The number of nitriles is 1. The lowest BCUT2D eigenvalue weighted by Gasteiger charge is -2.36. The van der Waals surface area contributed by atoms with Crippen molar-refractivity contribution in [1.82, 2.24) is 14.7 Å². The lowest BCUT2D eigenvalue weighted by Crippen LogP contribution is -2.49. The first-order valence-electron chi connectivity index (χ1n) is 9.11. The molecule has 2 fully saturated rings. The third-order valence-corrected chi connectivity index (χ3v) is 4.70. The van der Waals surface area contributed by atoms with Crippen LogP contribution in [0, 0.1) is 11.3 Å². The van der Waals surface area contributed by atoms with Crippen LogP contribution in [0.15, 0.2) is 34.6 Å². The molecule has 0 aromatic carbocycles. The van der Waals surface area contributed by atoms with E-state index in [-0.39, 0.29) is 29.6 Å². The van der Waals surface area contributed by atoms with Crippen molar-refractivity contribution in [3.63, 3.8) is 0 Å². The van der Waals surface area contributed by atoms with Gasteiger partial charge in [-0.1, -0.05) is 0 Å². The van der Waals surface area contributed by atoms with E-state index >= 15 is 0 Å². The highest BCUT2D eigenvalue weighted by Gasteiger charge is 2.29. The van der Waals surface area contributed by atoms with Gasteiger partial charge in [-0.05, 0) is 26.0 Å². The molecule has 1 aromatic heterocycles. The number of carbonyl (C=O) groups is 2. The normalized spacial score (nSPS) is 23.9. The highest BCUT2D eigenvalue weighted by Crippen LogP contribution is 2.15. The number of hydrogen-bond donors (Lipinski definition) is 0. The third kappa shape index (κ3) is 4.49. The molecule has 1 aromatic rings. The molecule has 0 spiro atoms. The van der Waals surface area contributed by atoms with E-state index in [1.165, 1.54) is 6.26 Å². The first-order chi connectivity index (χ1) is 13.0. The van der Waals surface area contributed by atoms with Crippen LogP contribution in [-0.2, 0) is 9.53 Å². The number of rotatable bonds is 3. The minimum Gasteiger partial charge on any atom is -0.459 e. The maximum atomic E-state index is 12.7. The molecule has 0 radical (unpaired) electrons. The molecule has 0 aliphatic carbocycles. The number of furan rings is 1. The monoisotopic (exact) mass is 372 g/mol. The first-order valence-corrected chi connectivity index (χ1v) is 9.11. The summed E-state index contributed by atoms with van der Waals surface area (Å²) in [6.45, 7) is 6.92. The average molecular weight is 372 g/mol. The topological polar surface area (TPSA) is 90.0 Å². The molecule has 3 heterocycles. The maximum Gasteiger partial charge on any atom is 0.289 e. The minimum atomic E-state index is -0.270. The second-order valence-electron chi connectivity index (χ2n) is 6.93. The van der Waals surface area contributed by atoms with Crippen LogP contribution in [-0.4, -0.2) is 78.0 Å². The Morgan fingerprint density at radius 3 is 2.37 bits per heavy atom. The Morgan fingerprint density at radius 1 is 1.15 bits per heavy atom. The SMILES string of the molecule is CC1CN(C(=O)/C(C#N)=C\N2CCN(C(=O)c3ccco3)CC2)CC(C)O1. The molecule has 3 rings (SSSR count). The van der Waals surface area contributed by atoms with E-state index in [1.807, 2.05) is 24.8 Å². The van der Waals surface area contributed by atoms with E-state index in [9.17, 15) is 14.9 Å². The van der Waals surface area contributed by atoms with Gasteiger partial charge in [0.15, 0.2) is 5.76 Å². The molecule has 144 valence electrons. The first kappa shape index (κ1) is 19.0. The van der Waals surface area contributed by atoms with E-state index in [0.717, 1.165) is 0 Å². The zero-order valence-corrected chi connectivity index (χ0v) is 15.6. The Morgan fingerprint density at radius 2 is 1.81 bits per heavy atom. The van der Waals surface area contributed by atoms with Crippen LogP contribution in [0.25, 0.3) is 0 Å².